The Morgan fingerprint density at radius 2 is 1.13 bits per heavy atom. The fourth-order valence-electron chi connectivity index (χ4n) is 8.94. The van der Waals surface area contributed by atoms with Gasteiger partial charge in [0.15, 0.2) is 0 Å². The summed E-state index contributed by atoms with van der Waals surface area (Å²) < 4.78 is 16.0. The first-order valence-electron chi connectivity index (χ1n) is 23.8. The molecule has 4 aromatic rings. The Balaban J connectivity index is 0.000000196. The first-order valence-corrected chi connectivity index (χ1v) is 24.2. The van der Waals surface area contributed by atoms with E-state index in [4.69, 9.17) is 31.8 Å². The van der Waals surface area contributed by atoms with Gasteiger partial charge in [0.05, 0.1) is 22.6 Å². The van der Waals surface area contributed by atoms with Gasteiger partial charge in [0.1, 0.15) is 16.8 Å². The monoisotopic (exact) mass is 971 g/mol. The number of nitrogens with two attached hydrogens (primary N) is 1. The lowest BCUT2D eigenvalue weighted by atomic mass is 10.0. The van der Waals surface area contributed by atoms with Crippen LogP contribution in [0.4, 0.5) is 11.6 Å². The minimum atomic E-state index is -0.314. The summed E-state index contributed by atoms with van der Waals surface area (Å²) >= 11 is 5.84. The van der Waals surface area contributed by atoms with Crippen molar-refractivity contribution in [3.8, 4) is 0 Å². The van der Waals surface area contributed by atoms with Crippen LogP contribution < -0.4 is 28.2 Å². The largest absolute Gasteiger partial charge is 0.385 e. The van der Waals surface area contributed by atoms with Crippen molar-refractivity contribution in [3.63, 3.8) is 0 Å². The average Bonchev–Trinajstić information content (AvgIpc) is 4.14. The first-order chi connectivity index (χ1) is 33.2. The molecule has 8 rings (SSSR count). The highest BCUT2D eigenvalue weighted by Crippen LogP contribution is 2.28. The quantitative estimate of drug-likeness (QED) is 0.112. The highest BCUT2D eigenvalue weighted by molar-refractivity contribution is 6.29. The van der Waals surface area contributed by atoms with Gasteiger partial charge >= 0.3 is 11.4 Å². The van der Waals surface area contributed by atoms with E-state index in [9.17, 15) is 28.8 Å². The topological polar surface area (TPSA) is 224 Å². The molecular formula is C49H66ClN11O8. The van der Waals surface area contributed by atoms with Crippen molar-refractivity contribution in [1.82, 2.24) is 38.0 Å². The molecular weight excluding hydrogens is 906 g/mol. The molecule has 2 atom stereocenters. The maximum absolute atomic E-state index is 13.1. The van der Waals surface area contributed by atoms with Crippen LogP contribution in [0.2, 0.25) is 5.15 Å². The zero-order valence-corrected chi connectivity index (χ0v) is 41.5. The zero-order chi connectivity index (χ0) is 49.8. The summed E-state index contributed by atoms with van der Waals surface area (Å²) in [5.74, 6) is 2.18. The third-order valence-electron chi connectivity index (χ3n) is 12.7. The van der Waals surface area contributed by atoms with Crippen molar-refractivity contribution in [2.45, 2.75) is 104 Å². The van der Waals surface area contributed by atoms with E-state index in [0.29, 0.717) is 124 Å². The van der Waals surface area contributed by atoms with E-state index in [1.807, 2.05) is 46.1 Å². The molecule has 2 N–H and O–H groups in total. The van der Waals surface area contributed by atoms with E-state index in [0.717, 1.165) is 67.0 Å². The molecule has 4 aromatic heterocycles. The Morgan fingerprint density at radius 3 is 1.51 bits per heavy atom. The number of pyridine rings is 2. The number of aromatic nitrogens is 6. The summed E-state index contributed by atoms with van der Waals surface area (Å²) in [6.07, 6.45) is 9.96. The van der Waals surface area contributed by atoms with Crippen molar-refractivity contribution >= 4 is 46.5 Å². The zero-order valence-electron chi connectivity index (χ0n) is 40.7. The predicted molar refractivity (Wildman–Crippen MR) is 266 cm³/mol. The number of rotatable bonds is 18. The summed E-state index contributed by atoms with van der Waals surface area (Å²) in [6, 6.07) is 7.48. The van der Waals surface area contributed by atoms with Crippen molar-refractivity contribution in [2.24, 2.45) is 27.6 Å². The summed E-state index contributed by atoms with van der Waals surface area (Å²) in [6.45, 7) is 8.96. The molecule has 8 heterocycles. The number of aryl methyl sites for hydroxylation is 1. The van der Waals surface area contributed by atoms with Crippen molar-refractivity contribution in [3.05, 3.63) is 111 Å². The highest BCUT2D eigenvalue weighted by Gasteiger charge is 2.29. The Labute approximate surface area is 406 Å². The Bertz CT molecular complexity index is 2760. The van der Waals surface area contributed by atoms with E-state index in [-0.39, 0.29) is 34.3 Å². The van der Waals surface area contributed by atoms with E-state index in [1.165, 1.54) is 9.13 Å². The molecule has 372 valence electrons. The number of carbonyl (C=O) groups is 2. The van der Waals surface area contributed by atoms with Gasteiger partial charge in [-0.05, 0) is 81.2 Å². The van der Waals surface area contributed by atoms with Gasteiger partial charge in [-0.3, -0.25) is 42.4 Å². The molecule has 0 spiro atoms. The smallest absolute Gasteiger partial charge is 0.332 e. The lowest BCUT2D eigenvalue weighted by Gasteiger charge is -2.13. The lowest BCUT2D eigenvalue weighted by molar-refractivity contribution is -0.127. The van der Waals surface area contributed by atoms with E-state index < -0.39 is 0 Å². The fraction of sp³-hybridized carbons (Fsp3) is 0.551. The number of carbonyl (C=O) groups excluding carboxylic acids is 2. The Morgan fingerprint density at radius 1 is 0.652 bits per heavy atom. The normalized spacial score (nSPS) is 17.0. The van der Waals surface area contributed by atoms with Gasteiger partial charge in [-0.25, -0.2) is 24.6 Å². The lowest BCUT2D eigenvalue weighted by Crippen LogP contribution is -2.41. The third-order valence-corrected chi connectivity index (χ3v) is 12.9. The van der Waals surface area contributed by atoms with Gasteiger partial charge < -0.3 is 25.0 Å². The molecule has 0 radical (unpaired) electrons. The molecule has 4 aliphatic heterocycles. The number of amides is 2. The van der Waals surface area contributed by atoms with Crippen molar-refractivity contribution < 1.29 is 19.1 Å². The number of aliphatic imine (C=N–C) groups is 2. The van der Waals surface area contributed by atoms with Crippen LogP contribution in [0.3, 0.4) is 0 Å². The van der Waals surface area contributed by atoms with E-state index >= 15 is 0 Å². The molecule has 2 fully saturated rings. The van der Waals surface area contributed by atoms with Crippen LogP contribution in [-0.4, -0.2) is 122 Å². The molecule has 0 aliphatic carbocycles. The molecule has 20 heteroatoms. The first kappa shape index (κ1) is 52.5. The van der Waals surface area contributed by atoms with Gasteiger partial charge in [-0.1, -0.05) is 25.4 Å². The molecule has 0 saturated carbocycles. The van der Waals surface area contributed by atoms with Crippen LogP contribution in [0.25, 0.3) is 0 Å². The second kappa shape index (κ2) is 24.6. The third kappa shape index (κ3) is 12.7. The van der Waals surface area contributed by atoms with Crippen LogP contribution in [-0.2, 0) is 64.5 Å². The number of fused-ring (bicyclic) bond motifs is 2. The minimum absolute atomic E-state index is 0.214. The summed E-state index contributed by atoms with van der Waals surface area (Å²) in [5.41, 5.74) is 9.46. The minimum Gasteiger partial charge on any atom is -0.385 e. The molecule has 0 aromatic carbocycles. The SMILES string of the molecule is CCCn1c2c(c(=O)n(CCCOC)c1=O)CC(c1ccc(CCC3CC(=O)N(C)C3)nc1)=N2.CCCn1c2c(c(=O)n(CCCOC)c1=O)CC(c1ccc(Cl)nc1)=N2.CN1CC(CN)CC1=O. The summed E-state index contributed by atoms with van der Waals surface area (Å²) in [5, 5.41) is 0.397. The fourth-order valence-corrected chi connectivity index (χ4v) is 9.05. The van der Waals surface area contributed by atoms with Crippen LogP contribution >= 0.6 is 11.6 Å². The maximum Gasteiger partial charge on any atom is 0.332 e. The molecule has 2 unspecified atom stereocenters. The summed E-state index contributed by atoms with van der Waals surface area (Å²) in [4.78, 5) is 95.8. The molecule has 2 amide bonds. The van der Waals surface area contributed by atoms with Gasteiger partial charge in [0.2, 0.25) is 11.8 Å². The predicted octanol–water partition coefficient (Wildman–Crippen LogP) is 3.54. The van der Waals surface area contributed by atoms with Crippen molar-refractivity contribution in [2.75, 3.05) is 61.2 Å². The number of likely N-dealkylation sites (tertiary alicyclic amines) is 2. The molecule has 2 saturated heterocycles. The Kier molecular flexibility index (Phi) is 18.7. The Hall–Kier alpha value is -5.89. The second-order valence-electron chi connectivity index (χ2n) is 17.9. The number of halogens is 1. The number of methoxy groups -OCH3 is 2. The average molecular weight is 973 g/mol. The maximum atomic E-state index is 13.1. The number of hydrogen-bond acceptors (Lipinski definition) is 13. The molecule has 4 aliphatic rings. The van der Waals surface area contributed by atoms with Gasteiger partial charge in [-0.2, -0.15) is 0 Å². The number of hydrogen-bond donors (Lipinski definition) is 1. The van der Waals surface area contributed by atoms with Gasteiger partial charge in [0, 0.05) is 136 Å². The van der Waals surface area contributed by atoms with Crippen LogP contribution in [0, 0.1) is 11.8 Å². The van der Waals surface area contributed by atoms with Crippen molar-refractivity contribution in [1.29, 1.82) is 0 Å². The van der Waals surface area contributed by atoms with Crippen LogP contribution in [0.5, 0.6) is 0 Å². The van der Waals surface area contributed by atoms with E-state index in [1.54, 1.807) is 51.6 Å². The highest BCUT2D eigenvalue weighted by atomic mass is 35.5. The molecule has 0 bridgehead atoms. The molecule has 69 heavy (non-hydrogen) atoms. The van der Waals surface area contributed by atoms with Gasteiger partial charge in [0.25, 0.3) is 11.1 Å². The van der Waals surface area contributed by atoms with Gasteiger partial charge in [-0.15, -0.1) is 0 Å². The molecule has 19 nitrogen and oxygen atoms in total. The number of nitrogens with zero attached hydrogens (tertiary/aromatic N) is 10. The number of ether oxygens (including phenoxy) is 2. The summed E-state index contributed by atoms with van der Waals surface area (Å²) in [7, 11) is 6.87. The van der Waals surface area contributed by atoms with Crippen LogP contribution in [0.1, 0.15) is 86.7 Å². The van der Waals surface area contributed by atoms with E-state index in [2.05, 4.69) is 15.0 Å². The standard InChI is InChI=1S/C25H33N5O4.C18H21ClN4O3.C6H12N2O/c1-4-10-29-23-20(24(32)30(25(29)33)11-5-12-34-3)14-21(27-23)18-7-9-19(26-15-18)8-6-17-13-22(31)28(2)16-17;1-3-7-22-16-13(17(24)23(18(22)25)8-4-9-26-2)10-14(21-16)12-5-6-15(19)20-11-12;1-8-4-5(3-7)2-6(8)9/h7,9,15,17H,4-6,8,10-14,16H2,1-3H3;5-6,11H,3-4,7-10H2,1-2H3;5H,2-4,7H2,1H3. The van der Waals surface area contributed by atoms with Crippen LogP contribution in [0.15, 0.2) is 65.8 Å². The second-order valence-corrected chi connectivity index (χ2v) is 18.3.